The predicted octanol–water partition coefficient (Wildman–Crippen LogP) is 1.15. The number of carbonyl (C=O) groups excluding carboxylic acids is 1. The van der Waals surface area contributed by atoms with Gasteiger partial charge in [-0.05, 0) is 12.5 Å². The predicted molar refractivity (Wildman–Crippen MR) is 59.6 cm³/mol. The molecule has 1 aromatic carbocycles. The molecule has 0 unspecified atom stereocenters. The molecule has 0 aromatic heterocycles. The first-order chi connectivity index (χ1) is 6.87. The maximum atomic E-state index is 11.4. The topological polar surface area (TPSA) is 51.2 Å². The Hall–Kier alpha value is -1.16. The van der Waals surface area contributed by atoms with Crippen molar-refractivity contribution in [3.8, 4) is 0 Å². The van der Waals surface area contributed by atoms with E-state index >= 15 is 0 Å². The fourth-order valence-electron chi connectivity index (χ4n) is 1.39. The van der Waals surface area contributed by atoms with Crippen LogP contribution in [0.2, 0.25) is 0 Å². The zero-order chi connectivity index (χ0) is 11.5. The average Bonchev–Trinajstić information content (AvgIpc) is 1.99. The molecule has 1 aromatic rings. The summed E-state index contributed by atoms with van der Waals surface area (Å²) in [6.07, 6.45) is 1.26. The molecule has 1 rings (SSSR count). The van der Waals surface area contributed by atoms with Gasteiger partial charge in [0.15, 0.2) is 15.6 Å². The Kier molecular flexibility index (Phi) is 3.63. The van der Waals surface area contributed by atoms with Crippen LogP contribution >= 0.6 is 0 Å². The lowest BCUT2D eigenvalue weighted by Gasteiger charge is -2.01. The number of carbonyl (C=O) groups is 1. The van der Waals surface area contributed by atoms with Crippen molar-refractivity contribution in [1.82, 2.24) is 0 Å². The fraction of sp³-hybridized carbons (Fsp3) is 0.364. The molecule has 0 N–H and O–H groups in total. The van der Waals surface area contributed by atoms with Gasteiger partial charge in [-0.2, -0.15) is 0 Å². The lowest BCUT2D eigenvalue weighted by atomic mass is 10.1. The van der Waals surface area contributed by atoms with E-state index in [4.69, 9.17) is 0 Å². The Morgan fingerprint density at radius 1 is 1.33 bits per heavy atom. The minimum absolute atomic E-state index is 0.189. The van der Waals surface area contributed by atoms with Crippen molar-refractivity contribution < 1.29 is 13.2 Å². The molecule has 0 saturated heterocycles. The van der Waals surface area contributed by atoms with E-state index in [0.29, 0.717) is 0 Å². The van der Waals surface area contributed by atoms with Crippen LogP contribution in [-0.2, 0) is 21.1 Å². The molecule has 3 nitrogen and oxygen atoms in total. The van der Waals surface area contributed by atoms with E-state index in [9.17, 15) is 13.2 Å². The summed E-state index contributed by atoms with van der Waals surface area (Å²) in [6, 6.07) is 7.51. The highest BCUT2D eigenvalue weighted by Crippen LogP contribution is 2.05. The summed E-state index contributed by atoms with van der Waals surface area (Å²) in [5.74, 6) is -0.635. The highest BCUT2D eigenvalue weighted by Gasteiger charge is 2.11. The smallest absolute Gasteiger partial charge is 0.154 e. The standard InChI is InChI=1S/C11H14O3S/c1-9-4-3-5-10(6-9)7-11(12)8-15(2,13)14/h3-6H,7-8H2,1-2H3. The number of rotatable bonds is 4. The van der Waals surface area contributed by atoms with Crippen LogP contribution in [0.25, 0.3) is 0 Å². The van der Waals surface area contributed by atoms with E-state index in [1.54, 1.807) is 0 Å². The fourth-order valence-corrected chi connectivity index (χ4v) is 2.08. The summed E-state index contributed by atoms with van der Waals surface area (Å²) in [7, 11) is -3.20. The van der Waals surface area contributed by atoms with Crippen LogP contribution in [0.15, 0.2) is 24.3 Å². The largest absolute Gasteiger partial charge is 0.298 e. The monoisotopic (exact) mass is 226 g/mol. The molecule has 0 amide bonds. The first kappa shape index (κ1) is 11.9. The number of benzene rings is 1. The maximum absolute atomic E-state index is 11.4. The van der Waals surface area contributed by atoms with Gasteiger partial charge in [-0.25, -0.2) is 8.42 Å². The molecule has 0 aliphatic carbocycles. The first-order valence-corrected chi connectivity index (χ1v) is 6.68. The van der Waals surface area contributed by atoms with E-state index in [1.807, 2.05) is 31.2 Å². The Balaban J connectivity index is 2.67. The number of ketones is 1. The van der Waals surface area contributed by atoms with Gasteiger partial charge in [0.1, 0.15) is 5.75 Å². The summed E-state index contributed by atoms with van der Waals surface area (Å²) in [4.78, 5) is 11.4. The van der Waals surface area contributed by atoms with Gasteiger partial charge in [-0.3, -0.25) is 4.79 Å². The SMILES string of the molecule is Cc1cccc(CC(=O)CS(C)(=O)=O)c1. The van der Waals surface area contributed by atoms with Gasteiger partial charge in [-0.15, -0.1) is 0 Å². The Morgan fingerprint density at radius 3 is 2.53 bits per heavy atom. The van der Waals surface area contributed by atoms with Gasteiger partial charge in [-0.1, -0.05) is 29.8 Å². The molecule has 0 aliphatic rings. The Bertz CT molecular complexity index is 460. The molecule has 0 atom stereocenters. The van der Waals surface area contributed by atoms with Crippen LogP contribution < -0.4 is 0 Å². The summed E-state index contributed by atoms with van der Waals surface area (Å²) in [5.41, 5.74) is 1.93. The van der Waals surface area contributed by atoms with Crippen molar-refractivity contribution in [3.05, 3.63) is 35.4 Å². The Morgan fingerprint density at radius 2 is 2.00 bits per heavy atom. The molecule has 0 aliphatic heterocycles. The molecular formula is C11H14O3S. The third-order valence-corrected chi connectivity index (χ3v) is 2.75. The van der Waals surface area contributed by atoms with E-state index in [0.717, 1.165) is 17.4 Å². The molecule has 0 fully saturated rings. The minimum atomic E-state index is -3.20. The third kappa shape index (κ3) is 4.74. The van der Waals surface area contributed by atoms with Crippen molar-refractivity contribution in [3.63, 3.8) is 0 Å². The van der Waals surface area contributed by atoms with Crippen molar-refractivity contribution in [2.75, 3.05) is 12.0 Å². The Labute approximate surface area is 90.0 Å². The number of sulfone groups is 1. The normalized spacial score (nSPS) is 11.3. The van der Waals surface area contributed by atoms with Crippen LogP contribution in [0, 0.1) is 6.92 Å². The van der Waals surface area contributed by atoms with E-state index in [-0.39, 0.29) is 18.0 Å². The average molecular weight is 226 g/mol. The summed E-state index contributed by atoms with van der Waals surface area (Å²) < 4.78 is 21.8. The van der Waals surface area contributed by atoms with E-state index < -0.39 is 9.84 Å². The molecule has 0 radical (unpaired) electrons. The number of hydrogen-bond acceptors (Lipinski definition) is 3. The van der Waals surface area contributed by atoms with Crippen LogP contribution in [-0.4, -0.2) is 26.2 Å². The van der Waals surface area contributed by atoms with Crippen LogP contribution in [0.4, 0.5) is 0 Å². The third-order valence-electron chi connectivity index (χ3n) is 1.91. The lowest BCUT2D eigenvalue weighted by Crippen LogP contribution is -2.16. The van der Waals surface area contributed by atoms with E-state index in [2.05, 4.69) is 0 Å². The van der Waals surface area contributed by atoms with Gasteiger partial charge < -0.3 is 0 Å². The minimum Gasteiger partial charge on any atom is -0.298 e. The molecule has 0 spiro atoms. The van der Waals surface area contributed by atoms with E-state index in [1.165, 1.54) is 0 Å². The van der Waals surface area contributed by atoms with Gasteiger partial charge in [0.05, 0.1) is 0 Å². The van der Waals surface area contributed by atoms with Gasteiger partial charge in [0.25, 0.3) is 0 Å². The van der Waals surface area contributed by atoms with Crippen molar-refractivity contribution in [2.45, 2.75) is 13.3 Å². The first-order valence-electron chi connectivity index (χ1n) is 4.62. The molecule has 0 heterocycles. The lowest BCUT2D eigenvalue weighted by molar-refractivity contribution is -0.116. The number of Topliss-reactive ketones (excluding diaryl/α,β-unsaturated/α-hetero) is 1. The molecule has 0 saturated carbocycles. The second-order valence-electron chi connectivity index (χ2n) is 3.77. The maximum Gasteiger partial charge on any atom is 0.154 e. The van der Waals surface area contributed by atoms with Crippen LogP contribution in [0.5, 0.6) is 0 Å². The van der Waals surface area contributed by atoms with Gasteiger partial charge in [0, 0.05) is 12.7 Å². The molecule has 0 bridgehead atoms. The van der Waals surface area contributed by atoms with Crippen LogP contribution in [0.1, 0.15) is 11.1 Å². The zero-order valence-electron chi connectivity index (χ0n) is 8.86. The van der Waals surface area contributed by atoms with Crippen molar-refractivity contribution in [1.29, 1.82) is 0 Å². The molecule has 82 valence electrons. The number of aryl methyl sites for hydroxylation is 1. The highest BCUT2D eigenvalue weighted by atomic mass is 32.2. The molecule has 15 heavy (non-hydrogen) atoms. The molecule has 4 heteroatoms. The quantitative estimate of drug-likeness (QED) is 0.774. The van der Waals surface area contributed by atoms with Gasteiger partial charge in [0.2, 0.25) is 0 Å². The second kappa shape index (κ2) is 4.57. The van der Waals surface area contributed by atoms with Crippen LogP contribution in [0.3, 0.4) is 0 Å². The summed E-state index contributed by atoms with van der Waals surface area (Å²) in [6.45, 7) is 1.94. The van der Waals surface area contributed by atoms with Gasteiger partial charge >= 0.3 is 0 Å². The zero-order valence-corrected chi connectivity index (χ0v) is 9.67. The highest BCUT2D eigenvalue weighted by molar-refractivity contribution is 7.91. The second-order valence-corrected chi connectivity index (χ2v) is 5.91. The summed E-state index contributed by atoms with van der Waals surface area (Å²) in [5, 5.41) is 0. The molecular weight excluding hydrogens is 212 g/mol. The van der Waals surface area contributed by atoms with Crippen molar-refractivity contribution in [2.24, 2.45) is 0 Å². The van der Waals surface area contributed by atoms with Crippen molar-refractivity contribution >= 4 is 15.6 Å². The number of hydrogen-bond donors (Lipinski definition) is 0. The summed E-state index contributed by atoms with van der Waals surface area (Å²) >= 11 is 0.